The van der Waals surface area contributed by atoms with E-state index in [1.807, 2.05) is 18.7 Å². The van der Waals surface area contributed by atoms with E-state index in [4.69, 9.17) is 0 Å². The normalized spacial score (nSPS) is 12.0. The van der Waals surface area contributed by atoms with Gasteiger partial charge in [-0.05, 0) is 37.5 Å². The average Bonchev–Trinajstić information content (AvgIpc) is 2.29. The third-order valence-electron chi connectivity index (χ3n) is 3.09. The van der Waals surface area contributed by atoms with Crippen LogP contribution in [0.2, 0.25) is 0 Å². The van der Waals surface area contributed by atoms with Crippen LogP contribution in [-0.2, 0) is 6.18 Å². The number of benzene rings is 1. The van der Waals surface area contributed by atoms with E-state index in [2.05, 4.69) is 0 Å². The van der Waals surface area contributed by atoms with Crippen LogP contribution in [-0.4, -0.2) is 13.1 Å². The minimum absolute atomic E-state index is 0.132. The molecule has 0 atom stereocenters. The first-order valence-electron chi connectivity index (χ1n) is 6.27. The van der Waals surface area contributed by atoms with E-state index in [9.17, 15) is 13.2 Å². The standard InChI is InChI=1S/C14H20F3N/c1-5-18(6-2)11-7-8-12(10(3)4)13(9-11)14(15,16)17/h7-10H,5-6H2,1-4H3. The minimum Gasteiger partial charge on any atom is -0.372 e. The second-order valence-corrected chi connectivity index (χ2v) is 4.60. The summed E-state index contributed by atoms with van der Waals surface area (Å²) in [5, 5.41) is 0. The highest BCUT2D eigenvalue weighted by atomic mass is 19.4. The highest BCUT2D eigenvalue weighted by Gasteiger charge is 2.34. The lowest BCUT2D eigenvalue weighted by molar-refractivity contribution is -0.138. The molecular formula is C14H20F3N. The molecule has 0 amide bonds. The van der Waals surface area contributed by atoms with Gasteiger partial charge in [-0.1, -0.05) is 19.9 Å². The number of hydrogen-bond donors (Lipinski definition) is 0. The summed E-state index contributed by atoms with van der Waals surface area (Å²) in [5.74, 6) is -0.132. The van der Waals surface area contributed by atoms with Crippen LogP contribution in [0.1, 0.15) is 44.7 Å². The van der Waals surface area contributed by atoms with Crippen LogP contribution in [0.5, 0.6) is 0 Å². The van der Waals surface area contributed by atoms with E-state index in [-0.39, 0.29) is 5.92 Å². The number of rotatable bonds is 4. The van der Waals surface area contributed by atoms with Crippen molar-refractivity contribution in [2.45, 2.75) is 39.8 Å². The Labute approximate surface area is 107 Å². The van der Waals surface area contributed by atoms with Crippen molar-refractivity contribution in [2.24, 2.45) is 0 Å². The van der Waals surface area contributed by atoms with Crippen LogP contribution < -0.4 is 4.90 Å². The van der Waals surface area contributed by atoms with Crippen LogP contribution >= 0.6 is 0 Å². The third kappa shape index (κ3) is 3.18. The summed E-state index contributed by atoms with van der Waals surface area (Å²) in [6, 6.07) is 4.64. The second-order valence-electron chi connectivity index (χ2n) is 4.60. The number of nitrogens with zero attached hydrogens (tertiary/aromatic N) is 1. The predicted molar refractivity (Wildman–Crippen MR) is 69.1 cm³/mol. The summed E-state index contributed by atoms with van der Waals surface area (Å²) in [6.07, 6.45) is -4.29. The molecule has 0 bridgehead atoms. The smallest absolute Gasteiger partial charge is 0.372 e. The summed E-state index contributed by atoms with van der Waals surface area (Å²) < 4.78 is 39.1. The monoisotopic (exact) mass is 259 g/mol. The lowest BCUT2D eigenvalue weighted by atomic mass is 9.96. The molecule has 0 saturated heterocycles. The molecule has 1 aromatic carbocycles. The van der Waals surface area contributed by atoms with Gasteiger partial charge in [0, 0.05) is 18.8 Å². The minimum atomic E-state index is -4.29. The van der Waals surface area contributed by atoms with E-state index in [1.165, 1.54) is 6.07 Å². The molecule has 102 valence electrons. The summed E-state index contributed by atoms with van der Waals surface area (Å²) >= 11 is 0. The number of anilines is 1. The van der Waals surface area contributed by atoms with Gasteiger partial charge < -0.3 is 4.90 Å². The fourth-order valence-electron chi connectivity index (χ4n) is 2.08. The Morgan fingerprint density at radius 1 is 1.11 bits per heavy atom. The lowest BCUT2D eigenvalue weighted by Gasteiger charge is -2.24. The topological polar surface area (TPSA) is 3.24 Å². The average molecular weight is 259 g/mol. The molecule has 1 aromatic rings. The molecule has 0 fully saturated rings. The van der Waals surface area contributed by atoms with E-state index >= 15 is 0 Å². The quantitative estimate of drug-likeness (QED) is 0.759. The molecule has 0 saturated carbocycles. The molecular weight excluding hydrogens is 239 g/mol. The molecule has 0 aliphatic carbocycles. The summed E-state index contributed by atoms with van der Waals surface area (Å²) in [7, 11) is 0. The first kappa shape index (κ1) is 14.9. The van der Waals surface area contributed by atoms with Crippen molar-refractivity contribution in [1.29, 1.82) is 0 Å². The fraction of sp³-hybridized carbons (Fsp3) is 0.571. The fourth-order valence-corrected chi connectivity index (χ4v) is 2.08. The molecule has 0 aliphatic heterocycles. The highest BCUT2D eigenvalue weighted by Crippen LogP contribution is 2.37. The summed E-state index contributed by atoms with van der Waals surface area (Å²) in [4.78, 5) is 1.92. The van der Waals surface area contributed by atoms with Gasteiger partial charge in [-0.2, -0.15) is 13.2 Å². The Kier molecular flexibility index (Phi) is 4.65. The van der Waals surface area contributed by atoms with E-state index < -0.39 is 11.7 Å². The van der Waals surface area contributed by atoms with Crippen molar-refractivity contribution in [3.05, 3.63) is 29.3 Å². The van der Waals surface area contributed by atoms with E-state index in [1.54, 1.807) is 26.0 Å². The van der Waals surface area contributed by atoms with E-state index in [0.29, 0.717) is 24.3 Å². The first-order valence-corrected chi connectivity index (χ1v) is 6.27. The van der Waals surface area contributed by atoms with Crippen LogP contribution in [0.15, 0.2) is 18.2 Å². The molecule has 1 nitrogen and oxygen atoms in total. The Bertz CT molecular complexity index is 393. The number of halogens is 3. The van der Waals surface area contributed by atoms with Gasteiger partial charge in [0.2, 0.25) is 0 Å². The first-order chi connectivity index (χ1) is 8.31. The molecule has 0 aliphatic rings. The van der Waals surface area contributed by atoms with Gasteiger partial charge in [-0.25, -0.2) is 0 Å². The summed E-state index contributed by atoms with van der Waals surface area (Å²) in [6.45, 7) is 8.84. The molecule has 1 rings (SSSR count). The van der Waals surface area contributed by atoms with Crippen molar-refractivity contribution in [1.82, 2.24) is 0 Å². The zero-order valence-electron chi connectivity index (χ0n) is 11.3. The van der Waals surface area contributed by atoms with Crippen LogP contribution in [0.25, 0.3) is 0 Å². The number of alkyl halides is 3. The molecule has 0 spiro atoms. The third-order valence-corrected chi connectivity index (χ3v) is 3.09. The largest absolute Gasteiger partial charge is 0.416 e. The van der Waals surface area contributed by atoms with Crippen molar-refractivity contribution in [2.75, 3.05) is 18.0 Å². The Morgan fingerprint density at radius 3 is 2.06 bits per heavy atom. The zero-order valence-corrected chi connectivity index (χ0v) is 11.3. The Balaban J connectivity index is 3.30. The van der Waals surface area contributed by atoms with Gasteiger partial charge in [0.25, 0.3) is 0 Å². The van der Waals surface area contributed by atoms with Gasteiger partial charge >= 0.3 is 6.18 Å². The molecule has 0 N–H and O–H groups in total. The van der Waals surface area contributed by atoms with Gasteiger partial charge in [-0.15, -0.1) is 0 Å². The molecule has 0 radical (unpaired) electrons. The SMILES string of the molecule is CCN(CC)c1ccc(C(C)C)c(C(F)(F)F)c1. The second kappa shape index (κ2) is 5.63. The van der Waals surface area contributed by atoms with Crippen LogP contribution in [0.3, 0.4) is 0 Å². The summed E-state index contributed by atoms with van der Waals surface area (Å²) in [5.41, 5.74) is 0.483. The van der Waals surface area contributed by atoms with Gasteiger partial charge in [0.1, 0.15) is 0 Å². The van der Waals surface area contributed by atoms with E-state index in [0.717, 1.165) is 0 Å². The number of hydrogen-bond acceptors (Lipinski definition) is 1. The molecule has 0 heterocycles. The molecule has 0 unspecified atom stereocenters. The maximum Gasteiger partial charge on any atom is 0.416 e. The van der Waals surface area contributed by atoms with Crippen LogP contribution in [0.4, 0.5) is 18.9 Å². The van der Waals surface area contributed by atoms with Crippen molar-refractivity contribution in [3.63, 3.8) is 0 Å². The molecule has 0 aromatic heterocycles. The van der Waals surface area contributed by atoms with Gasteiger partial charge in [-0.3, -0.25) is 0 Å². The van der Waals surface area contributed by atoms with Crippen molar-refractivity contribution >= 4 is 5.69 Å². The van der Waals surface area contributed by atoms with Gasteiger partial charge in [0.15, 0.2) is 0 Å². The zero-order chi connectivity index (χ0) is 13.9. The van der Waals surface area contributed by atoms with Crippen molar-refractivity contribution < 1.29 is 13.2 Å². The van der Waals surface area contributed by atoms with Crippen molar-refractivity contribution in [3.8, 4) is 0 Å². The molecule has 18 heavy (non-hydrogen) atoms. The predicted octanol–water partition coefficient (Wildman–Crippen LogP) is 4.68. The lowest BCUT2D eigenvalue weighted by Crippen LogP contribution is -2.22. The maximum absolute atomic E-state index is 13.0. The Hall–Kier alpha value is -1.19. The Morgan fingerprint density at radius 2 is 1.67 bits per heavy atom. The molecule has 4 heteroatoms. The maximum atomic E-state index is 13.0. The van der Waals surface area contributed by atoms with Crippen LogP contribution in [0, 0.1) is 0 Å². The highest BCUT2D eigenvalue weighted by molar-refractivity contribution is 5.52. The van der Waals surface area contributed by atoms with Gasteiger partial charge in [0.05, 0.1) is 5.56 Å².